The van der Waals surface area contributed by atoms with Gasteiger partial charge in [-0.25, -0.2) is 9.97 Å². The van der Waals surface area contributed by atoms with Crippen LogP contribution < -0.4 is 10.6 Å². The Bertz CT molecular complexity index is 4120. The van der Waals surface area contributed by atoms with Crippen LogP contribution in [0.1, 0.15) is 30.5 Å². The third-order valence-corrected chi connectivity index (χ3v) is 13.5. The summed E-state index contributed by atoms with van der Waals surface area (Å²) < 4.78 is 0. The number of rotatable bonds is 9. The fraction of sp³-hybridized carbons (Fsp3) is 0.0789. The van der Waals surface area contributed by atoms with Gasteiger partial charge in [0.25, 0.3) is 0 Å². The van der Waals surface area contributed by atoms with Crippen LogP contribution in [0.4, 0.5) is 0 Å². The topological polar surface area (TPSA) is 65.2 Å². The lowest BCUT2D eigenvalue weighted by Gasteiger charge is -2.24. The normalized spacial score (nSPS) is 11.4. The zero-order chi connectivity index (χ0) is 57.1. The molecule has 1 aliphatic rings. The summed E-state index contributed by atoms with van der Waals surface area (Å²) in [6.45, 7) is 23.0. The predicted molar refractivity (Wildman–Crippen MR) is 349 cm³/mol. The number of aromatic nitrogens is 2. The number of fused-ring (bicyclic) bond motifs is 5. The molecule has 0 unspecified atom stereocenters. The Morgan fingerprint density at radius 3 is 1.57 bits per heavy atom. The van der Waals surface area contributed by atoms with Crippen LogP contribution >= 0.6 is 0 Å². The van der Waals surface area contributed by atoms with E-state index in [1.807, 2.05) is 43.3 Å². The van der Waals surface area contributed by atoms with Crippen LogP contribution in [0.3, 0.4) is 0 Å². The van der Waals surface area contributed by atoms with E-state index < -0.39 is 0 Å². The van der Waals surface area contributed by atoms with Crippen LogP contribution in [0, 0.1) is 19.3 Å². The zero-order valence-electron chi connectivity index (χ0n) is 47.2. The largest absolute Gasteiger partial charge is 0.354 e. The van der Waals surface area contributed by atoms with Gasteiger partial charge in [0.15, 0.2) is 0 Å². The number of para-hydroxylation sites is 2. The molecular weight excluding hydrogens is 983 g/mol. The molecule has 0 bridgehead atoms. The average Bonchev–Trinajstić information content (AvgIpc) is 3.51. The number of nitrogens with one attached hydrogen (secondary N) is 1. The number of hydrogen-bond donors (Lipinski definition) is 1. The molecular formula is C76H69N5. The Balaban J connectivity index is 0.000000147. The van der Waals surface area contributed by atoms with Crippen molar-refractivity contribution < 1.29 is 0 Å². The van der Waals surface area contributed by atoms with Gasteiger partial charge in [-0.05, 0) is 136 Å². The molecule has 0 fully saturated rings. The highest BCUT2D eigenvalue weighted by molar-refractivity contribution is 5.96. The van der Waals surface area contributed by atoms with Crippen LogP contribution in [-0.4, -0.2) is 34.3 Å². The van der Waals surface area contributed by atoms with Crippen LogP contribution in [0.2, 0.25) is 0 Å². The van der Waals surface area contributed by atoms with Gasteiger partial charge in [-0.3, -0.25) is 4.99 Å². The monoisotopic (exact) mass is 1050 g/mol. The van der Waals surface area contributed by atoms with Crippen LogP contribution in [0.15, 0.2) is 304 Å². The number of aryl methyl sites for hydroxylation is 2. The maximum absolute atomic E-state index is 6.86. The molecule has 11 aromatic rings. The molecule has 1 N–H and O–H groups in total. The van der Waals surface area contributed by atoms with Crippen molar-refractivity contribution in [2.75, 3.05) is 13.7 Å². The molecule has 5 nitrogen and oxygen atoms in total. The minimum atomic E-state index is 0.555. The molecule has 0 atom stereocenters. The first-order chi connectivity index (χ1) is 39.4. The van der Waals surface area contributed by atoms with E-state index in [2.05, 4.69) is 261 Å². The summed E-state index contributed by atoms with van der Waals surface area (Å²) in [7, 11) is 2.10. The Hall–Kier alpha value is -10.1. The van der Waals surface area contributed by atoms with E-state index in [9.17, 15) is 0 Å². The second-order valence-corrected chi connectivity index (χ2v) is 20.0. The first kappa shape index (κ1) is 57.1. The lowest BCUT2D eigenvalue weighted by Crippen LogP contribution is -2.38. The molecule has 0 saturated carbocycles. The highest BCUT2D eigenvalue weighted by Crippen LogP contribution is 2.31. The molecule has 1 aromatic heterocycles. The zero-order valence-corrected chi connectivity index (χ0v) is 47.2. The van der Waals surface area contributed by atoms with Crippen molar-refractivity contribution in [1.29, 1.82) is 5.41 Å². The van der Waals surface area contributed by atoms with Gasteiger partial charge in [0.2, 0.25) is 0 Å². The van der Waals surface area contributed by atoms with Gasteiger partial charge in [-0.2, -0.15) is 0 Å². The first-order valence-electron chi connectivity index (χ1n) is 27.1. The van der Waals surface area contributed by atoms with Crippen molar-refractivity contribution in [3.63, 3.8) is 0 Å². The van der Waals surface area contributed by atoms with Crippen molar-refractivity contribution >= 4 is 54.6 Å². The Morgan fingerprint density at radius 2 is 1.00 bits per heavy atom. The summed E-state index contributed by atoms with van der Waals surface area (Å²) in [5.41, 5.74) is 15.7. The average molecular weight is 1050 g/mol. The molecule has 10 aromatic carbocycles. The summed E-state index contributed by atoms with van der Waals surface area (Å²) in [4.78, 5) is 15.9. The van der Waals surface area contributed by atoms with Crippen LogP contribution in [0.25, 0.3) is 82.4 Å². The fourth-order valence-electron chi connectivity index (χ4n) is 9.30. The number of benzene rings is 10. The van der Waals surface area contributed by atoms with Crippen LogP contribution in [-0.2, 0) is 0 Å². The highest BCUT2D eigenvalue weighted by atomic mass is 15.2. The molecule has 12 rings (SSSR count). The number of nitrogens with zero attached hydrogens (tertiary/aromatic N) is 4. The van der Waals surface area contributed by atoms with E-state index >= 15 is 0 Å². The predicted octanol–water partition coefficient (Wildman–Crippen LogP) is 18.4. The standard InChI is InChI=1S/C27H20N4.2C17H14.C9H12.C6H9N/c1-31-17-30-25-9-5-3-7-23(25)27(31)21-13-11-18-14-20(12-10-19(18)15-21)26-22-6-2-4-8-24(22)28-16-29-26;2*1-13-7-8-15-9-10-16(12-17(15)11-13)14-5-3-2-4-6-14;1-5-9(4)7-6-8(2)3;1-3-4-5-6(2)7/h2-16H,17H2,1H3;2*2-12H,1H3;5-7H,1-2,4H2,3H3;3-5,7H,1H2,2H3/b;;;7-6-;5-4-,7-6?. The molecule has 0 aliphatic carbocycles. The molecule has 2 heterocycles. The molecule has 0 saturated heterocycles. The van der Waals surface area contributed by atoms with E-state index in [0.717, 1.165) is 38.7 Å². The first-order valence-corrected chi connectivity index (χ1v) is 27.1. The van der Waals surface area contributed by atoms with Crippen molar-refractivity contribution in [3.8, 4) is 33.5 Å². The van der Waals surface area contributed by atoms with E-state index in [4.69, 9.17) is 5.41 Å². The molecule has 0 radical (unpaired) electrons. The van der Waals surface area contributed by atoms with Gasteiger partial charge in [0, 0.05) is 28.9 Å². The Kier molecular flexibility index (Phi) is 19.7. The van der Waals surface area contributed by atoms with Gasteiger partial charge in [0.05, 0.1) is 22.3 Å². The maximum Gasteiger partial charge on any atom is 0.116 e. The van der Waals surface area contributed by atoms with E-state index in [0.29, 0.717) is 12.4 Å². The van der Waals surface area contributed by atoms with Gasteiger partial charge in [-0.1, -0.05) is 255 Å². The molecule has 0 spiro atoms. The maximum atomic E-state index is 6.86. The summed E-state index contributed by atoms with van der Waals surface area (Å²) in [6.07, 6.45) is 12.2. The van der Waals surface area contributed by atoms with Gasteiger partial charge in [0.1, 0.15) is 13.0 Å². The molecule has 398 valence electrons. The minimum Gasteiger partial charge on any atom is -0.354 e. The lowest BCUT2D eigenvalue weighted by atomic mass is 9.99. The summed E-state index contributed by atoms with van der Waals surface area (Å²) >= 11 is 0. The van der Waals surface area contributed by atoms with Gasteiger partial charge in [-0.15, -0.1) is 0 Å². The third-order valence-electron chi connectivity index (χ3n) is 13.5. The molecule has 81 heavy (non-hydrogen) atoms. The van der Waals surface area contributed by atoms with Crippen LogP contribution in [0.5, 0.6) is 0 Å². The van der Waals surface area contributed by atoms with E-state index in [1.54, 1.807) is 37.6 Å². The SMILES string of the molecule is C=C/C=C\C(C)=N.C=CC(=C)/C=C\C(=C)C.CN1CN=c2ccccc2=C1c1ccc2cc(-c3ncnc4ccccc34)ccc2c1.Cc1ccc2ccc(-c3ccccc3)cc2c1.Cc1ccc2ccc(-c3ccccc3)cc2c1. The second-order valence-electron chi connectivity index (χ2n) is 20.0. The van der Waals surface area contributed by atoms with Crippen molar-refractivity contribution in [3.05, 3.63) is 326 Å². The van der Waals surface area contributed by atoms with E-state index in [-0.39, 0.29) is 0 Å². The van der Waals surface area contributed by atoms with Gasteiger partial charge >= 0.3 is 0 Å². The smallest absolute Gasteiger partial charge is 0.116 e. The molecule has 1 aliphatic heterocycles. The Labute approximate surface area is 478 Å². The molecule has 0 amide bonds. The summed E-state index contributed by atoms with van der Waals surface area (Å²) in [5.74, 6) is 0. The number of allylic oxidation sites excluding steroid dienone is 8. The second kappa shape index (κ2) is 28.0. The van der Waals surface area contributed by atoms with E-state index in [1.165, 1.54) is 82.2 Å². The summed E-state index contributed by atoms with van der Waals surface area (Å²) in [5, 5.41) is 17.8. The minimum absolute atomic E-state index is 0.555. The number of hydrogen-bond acceptors (Lipinski definition) is 5. The van der Waals surface area contributed by atoms with Crippen molar-refractivity contribution in [1.82, 2.24) is 14.9 Å². The highest BCUT2D eigenvalue weighted by Gasteiger charge is 2.14. The lowest BCUT2D eigenvalue weighted by molar-refractivity contribution is 0.478. The Morgan fingerprint density at radius 1 is 0.494 bits per heavy atom. The third kappa shape index (κ3) is 15.6. The fourth-order valence-corrected chi connectivity index (χ4v) is 9.30. The quantitative estimate of drug-likeness (QED) is 0.116. The van der Waals surface area contributed by atoms with Crippen molar-refractivity contribution in [2.45, 2.75) is 27.7 Å². The summed E-state index contributed by atoms with van der Waals surface area (Å²) in [6, 6.07) is 77.2. The molecule has 5 heteroatoms. The van der Waals surface area contributed by atoms with Gasteiger partial charge < -0.3 is 10.3 Å². The van der Waals surface area contributed by atoms with Crippen molar-refractivity contribution in [2.24, 2.45) is 4.99 Å².